The van der Waals surface area contributed by atoms with Crippen LogP contribution in [-0.2, 0) is 6.42 Å². The van der Waals surface area contributed by atoms with E-state index in [1.807, 2.05) is 6.07 Å². The minimum atomic E-state index is -0.884. The lowest BCUT2D eigenvalue weighted by molar-refractivity contribution is 0.0696. The predicted octanol–water partition coefficient (Wildman–Crippen LogP) is 2.51. The summed E-state index contributed by atoms with van der Waals surface area (Å²) < 4.78 is 0.717. The molecule has 0 saturated heterocycles. The molecule has 1 aliphatic rings. The zero-order valence-corrected chi connectivity index (χ0v) is 9.10. The molecule has 0 spiro atoms. The molecule has 74 valence electrons. The highest BCUT2D eigenvalue weighted by Crippen LogP contribution is 2.32. The molecule has 2 rings (SSSR count). The molecule has 0 aliphatic carbocycles. The number of carboxylic acids is 1. The van der Waals surface area contributed by atoms with E-state index in [1.165, 1.54) is 0 Å². The molecule has 1 aromatic carbocycles. The molecule has 14 heavy (non-hydrogen) atoms. The Hall–Kier alpha value is -1.03. The molecule has 0 unspecified atom stereocenters. The van der Waals surface area contributed by atoms with Crippen LogP contribution in [0.3, 0.4) is 0 Å². The fourth-order valence-electron chi connectivity index (χ4n) is 1.68. The first-order valence-corrected chi connectivity index (χ1v) is 5.28. The van der Waals surface area contributed by atoms with Gasteiger partial charge < -0.3 is 10.4 Å². The molecule has 2 N–H and O–H groups in total. The quantitative estimate of drug-likeness (QED) is 0.811. The molecule has 4 heteroatoms. The third-order valence-corrected chi connectivity index (χ3v) is 3.30. The first-order valence-electron chi connectivity index (χ1n) is 4.48. The summed E-state index contributed by atoms with van der Waals surface area (Å²) in [5.41, 5.74) is 2.47. The van der Waals surface area contributed by atoms with Gasteiger partial charge in [-0.15, -0.1) is 0 Å². The maximum absolute atomic E-state index is 10.9. The van der Waals surface area contributed by atoms with Crippen LogP contribution in [-0.4, -0.2) is 17.6 Å². The maximum atomic E-state index is 10.9. The Bertz CT molecular complexity index is 390. The molecular formula is C10H10BrNO2. The Kier molecular flexibility index (Phi) is 2.46. The first-order chi connectivity index (χ1) is 6.70. The molecule has 1 aliphatic heterocycles. The van der Waals surface area contributed by atoms with Crippen LogP contribution in [0.2, 0.25) is 0 Å². The molecule has 0 fully saturated rings. The average molecular weight is 256 g/mol. The maximum Gasteiger partial charge on any atom is 0.336 e. The van der Waals surface area contributed by atoms with Crippen LogP contribution in [0.5, 0.6) is 0 Å². The zero-order chi connectivity index (χ0) is 10.1. The lowest BCUT2D eigenvalue weighted by Crippen LogP contribution is -2.13. The van der Waals surface area contributed by atoms with Crippen LogP contribution in [0.25, 0.3) is 0 Å². The normalized spacial score (nSPS) is 14.4. The van der Waals surface area contributed by atoms with Crippen molar-refractivity contribution in [2.75, 3.05) is 11.9 Å². The SMILES string of the molecule is O=C(O)c1ccc2c(c1Br)CCCN2. The second-order valence-electron chi connectivity index (χ2n) is 3.29. The molecule has 1 heterocycles. The number of anilines is 1. The van der Waals surface area contributed by atoms with Crippen molar-refractivity contribution in [1.82, 2.24) is 0 Å². The van der Waals surface area contributed by atoms with E-state index in [4.69, 9.17) is 5.11 Å². The number of carbonyl (C=O) groups is 1. The summed E-state index contributed by atoms with van der Waals surface area (Å²) in [5, 5.41) is 12.2. The van der Waals surface area contributed by atoms with Crippen LogP contribution in [0, 0.1) is 0 Å². The van der Waals surface area contributed by atoms with E-state index < -0.39 is 5.97 Å². The number of hydrogen-bond donors (Lipinski definition) is 2. The molecule has 0 bridgehead atoms. The second kappa shape index (κ2) is 3.61. The number of carboxylic acid groups (broad SMARTS) is 1. The van der Waals surface area contributed by atoms with Gasteiger partial charge in [-0.3, -0.25) is 0 Å². The Morgan fingerprint density at radius 2 is 2.29 bits per heavy atom. The van der Waals surface area contributed by atoms with Crippen molar-refractivity contribution in [3.63, 3.8) is 0 Å². The fourth-order valence-corrected chi connectivity index (χ4v) is 2.40. The summed E-state index contributed by atoms with van der Waals surface area (Å²) in [7, 11) is 0. The van der Waals surface area contributed by atoms with Crippen molar-refractivity contribution < 1.29 is 9.90 Å². The van der Waals surface area contributed by atoms with E-state index in [9.17, 15) is 4.79 Å². The highest BCUT2D eigenvalue weighted by molar-refractivity contribution is 9.10. The third-order valence-electron chi connectivity index (χ3n) is 2.39. The van der Waals surface area contributed by atoms with E-state index in [0.29, 0.717) is 5.56 Å². The Morgan fingerprint density at radius 3 is 3.00 bits per heavy atom. The van der Waals surface area contributed by atoms with Gasteiger partial charge in [0, 0.05) is 16.7 Å². The summed E-state index contributed by atoms with van der Waals surface area (Å²) in [6.45, 7) is 0.964. The molecular weight excluding hydrogens is 246 g/mol. The predicted molar refractivity (Wildman–Crippen MR) is 57.9 cm³/mol. The highest BCUT2D eigenvalue weighted by atomic mass is 79.9. The van der Waals surface area contributed by atoms with Gasteiger partial charge in [0.2, 0.25) is 0 Å². The summed E-state index contributed by atoms with van der Waals surface area (Å²) in [6.07, 6.45) is 1.98. The van der Waals surface area contributed by atoms with E-state index >= 15 is 0 Å². The Labute approximate surface area is 90.3 Å². The van der Waals surface area contributed by atoms with Gasteiger partial charge in [0.15, 0.2) is 0 Å². The number of hydrogen-bond acceptors (Lipinski definition) is 2. The van der Waals surface area contributed by atoms with Crippen molar-refractivity contribution in [3.8, 4) is 0 Å². The van der Waals surface area contributed by atoms with Crippen LogP contribution in [0.4, 0.5) is 5.69 Å². The fraction of sp³-hybridized carbons (Fsp3) is 0.300. The monoisotopic (exact) mass is 255 g/mol. The summed E-state index contributed by atoms with van der Waals surface area (Å²) in [6, 6.07) is 3.46. The number of fused-ring (bicyclic) bond motifs is 1. The molecule has 0 saturated carbocycles. The Balaban J connectivity index is 2.54. The van der Waals surface area contributed by atoms with E-state index in [2.05, 4.69) is 21.2 Å². The second-order valence-corrected chi connectivity index (χ2v) is 4.08. The lowest BCUT2D eigenvalue weighted by atomic mass is 10.0. The number of benzene rings is 1. The van der Waals surface area contributed by atoms with Gasteiger partial charge in [0.25, 0.3) is 0 Å². The summed E-state index contributed by atoms with van der Waals surface area (Å²) in [4.78, 5) is 10.9. The molecule has 0 radical (unpaired) electrons. The highest BCUT2D eigenvalue weighted by Gasteiger charge is 2.17. The number of rotatable bonds is 1. The molecule has 0 amide bonds. The minimum absolute atomic E-state index is 0.340. The largest absolute Gasteiger partial charge is 0.478 e. The molecule has 3 nitrogen and oxygen atoms in total. The van der Waals surface area contributed by atoms with E-state index in [1.54, 1.807) is 6.07 Å². The van der Waals surface area contributed by atoms with Gasteiger partial charge in [-0.05, 0) is 46.5 Å². The van der Waals surface area contributed by atoms with Gasteiger partial charge in [-0.2, -0.15) is 0 Å². The van der Waals surface area contributed by atoms with Crippen molar-refractivity contribution in [2.24, 2.45) is 0 Å². The van der Waals surface area contributed by atoms with Crippen LogP contribution in [0.1, 0.15) is 22.3 Å². The van der Waals surface area contributed by atoms with Gasteiger partial charge in [0.05, 0.1) is 5.56 Å². The van der Waals surface area contributed by atoms with E-state index in [0.717, 1.165) is 35.1 Å². The van der Waals surface area contributed by atoms with Crippen LogP contribution >= 0.6 is 15.9 Å². The zero-order valence-electron chi connectivity index (χ0n) is 7.51. The number of halogens is 1. The van der Waals surface area contributed by atoms with Crippen LogP contribution in [0.15, 0.2) is 16.6 Å². The smallest absolute Gasteiger partial charge is 0.336 e. The number of aromatic carboxylic acids is 1. The minimum Gasteiger partial charge on any atom is -0.478 e. The topological polar surface area (TPSA) is 49.3 Å². The third kappa shape index (κ3) is 1.50. The Morgan fingerprint density at radius 1 is 1.50 bits per heavy atom. The van der Waals surface area contributed by atoms with Crippen molar-refractivity contribution in [3.05, 3.63) is 27.7 Å². The van der Waals surface area contributed by atoms with Gasteiger partial charge in [-0.1, -0.05) is 0 Å². The van der Waals surface area contributed by atoms with Crippen LogP contribution < -0.4 is 5.32 Å². The van der Waals surface area contributed by atoms with Gasteiger partial charge in [-0.25, -0.2) is 4.79 Å². The van der Waals surface area contributed by atoms with E-state index in [-0.39, 0.29) is 0 Å². The van der Waals surface area contributed by atoms with Crippen molar-refractivity contribution in [1.29, 1.82) is 0 Å². The molecule has 0 aromatic heterocycles. The summed E-state index contributed by atoms with van der Waals surface area (Å²) in [5.74, 6) is -0.884. The van der Waals surface area contributed by atoms with Gasteiger partial charge in [0.1, 0.15) is 0 Å². The molecule has 1 aromatic rings. The summed E-state index contributed by atoms with van der Waals surface area (Å²) >= 11 is 3.35. The van der Waals surface area contributed by atoms with Gasteiger partial charge >= 0.3 is 5.97 Å². The van der Waals surface area contributed by atoms with Crippen molar-refractivity contribution in [2.45, 2.75) is 12.8 Å². The lowest BCUT2D eigenvalue weighted by Gasteiger charge is -2.19. The van der Waals surface area contributed by atoms with Crippen molar-refractivity contribution >= 4 is 27.6 Å². The standard InChI is InChI=1S/C10H10BrNO2/c11-9-6-2-1-5-12-8(6)4-3-7(9)10(13)14/h3-4,12H,1-2,5H2,(H,13,14). The number of nitrogens with one attached hydrogen (secondary N) is 1. The molecule has 0 atom stereocenters. The first kappa shape index (κ1) is 9.52. The average Bonchev–Trinajstić information content (AvgIpc) is 2.18.